The summed E-state index contributed by atoms with van der Waals surface area (Å²) in [6.45, 7) is 7.20. The van der Waals surface area contributed by atoms with Crippen molar-refractivity contribution in [1.82, 2.24) is 0 Å². The van der Waals surface area contributed by atoms with Crippen molar-refractivity contribution >= 4 is 0 Å². The van der Waals surface area contributed by atoms with Crippen molar-refractivity contribution in [2.75, 3.05) is 0 Å². The average Bonchev–Trinajstić information content (AvgIpc) is 2.23. The van der Waals surface area contributed by atoms with E-state index in [4.69, 9.17) is 0 Å². The Morgan fingerprint density at radius 1 is 1.00 bits per heavy atom. The highest BCUT2D eigenvalue weighted by atomic mass is 14.5. The van der Waals surface area contributed by atoms with Crippen molar-refractivity contribution in [2.24, 2.45) is 23.2 Å². The van der Waals surface area contributed by atoms with E-state index in [1.165, 1.54) is 19.3 Å². The van der Waals surface area contributed by atoms with Crippen LogP contribution >= 0.6 is 0 Å². The molecule has 2 aliphatic carbocycles. The number of fused-ring (bicyclic) bond motifs is 2. The third-order valence-electron chi connectivity index (χ3n) is 3.60. The van der Waals surface area contributed by atoms with Gasteiger partial charge in [0.1, 0.15) is 0 Å². The fourth-order valence-corrected chi connectivity index (χ4v) is 3.27. The molecular formula is C12H20. The minimum absolute atomic E-state index is 0.513. The molecule has 0 aromatic rings. The standard InChI is InChI=1S/C12H20/c1-12(2,3)11-9-5-4-6-10(11)8-7-9/h7-11H,4-6H2,1-3H3. The van der Waals surface area contributed by atoms with E-state index in [2.05, 4.69) is 32.9 Å². The van der Waals surface area contributed by atoms with Gasteiger partial charge in [-0.05, 0) is 36.0 Å². The molecule has 0 aromatic heterocycles. The van der Waals surface area contributed by atoms with Crippen LogP contribution in [-0.4, -0.2) is 0 Å². The SMILES string of the molecule is CC(C)(C)C1C2C=CC1CCC2. The zero-order chi connectivity index (χ0) is 8.77. The lowest BCUT2D eigenvalue weighted by Crippen LogP contribution is -2.32. The minimum Gasteiger partial charge on any atom is -0.0848 e. The molecular weight excluding hydrogens is 144 g/mol. The van der Waals surface area contributed by atoms with E-state index >= 15 is 0 Å². The normalized spacial score (nSPS) is 40.4. The molecule has 2 aliphatic rings. The third kappa shape index (κ3) is 1.22. The molecule has 0 radical (unpaired) electrons. The molecule has 0 amide bonds. The van der Waals surface area contributed by atoms with Crippen molar-refractivity contribution in [2.45, 2.75) is 40.0 Å². The summed E-state index contributed by atoms with van der Waals surface area (Å²) < 4.78 is 0. The third-order valence-corrected chi connectivity index (χ3v) is 3.60. The second-order valence-corrected chi connectivity index (χ2v) is 5.54. The van der Waals surface area contributed by atoms with Crippen LogP contribution in [0.2, 0.25) is 0 Å². The summed E-state index contributed by atoms with van der Waals surface area (Å²) in [4.78, 5) is 0. The molecule has 12 heavy (non-hydrogen) atoms. The van der Waals surface area contributed by atoms with Gasteiger partial charge in [0.25, 0.3) is 0 Å². The first-order chi connectivity index (χ1) is 5.59. The maximum Gasteiger partial charge on any atom is -0.0194 e. The van der Waals surface area contributed by atoms with Crippen LogP contribution in [-0.2, 0) is 0 Å². The van der Waals surface area contributed by atoms with Crippen molar-refractivity contribution in [1.29, 1.82) is 0 Å². The molecule has 0 N–H and O–H groups in total. The van der Waals surface area contributed by atoms with E-state index in [1.54, 1.807) is 0 Å². The van der Waals surface area contributed by atoms with Gasteiger partial charge in [-0.1, -0.05) is 39.3 Å². The van der Waals surface area contributed by atoms with Crippen molar-refractivity contribution in [3.05, 3.63) is 12.2 Å². The van der Waals surface area contributed by atoms with E-state index in [-0.39, 0.29) is 0 Å². The number of hydrogen-bond donors (Lipinski definition) is 0. The van der Waals surface area contributed by atoms with Gasteiger partial charge in [0.2, 0.25) is 0 Å². The lowest BCUT2D eigenvalue weighted by Gasteiger charge is -2.40. The molecule has 2 atom stereocenters. The van der Waals surface area contributed by atoms with Gasteiger partial charge >= 0.3 is 0 Å². The number of allylic oxidation sites excluding steroid dienone is 2. The summed E-state index contributed by atoms with van der Waals surface area (Å²) in [6, 6.07) is 0. The first-order valence-electron chi connectivity index (χ1n) is 5.27. The highest BCUT2D eigenvalue weighted by molar-refractivity contribution is 5.11. The molecule has 2 rings (SSSR count). The molecule has 1 saturated carbocycles. The fraction of sp³-hybridized carbons (Fsp3) is 0.833. The molecule has 68 valence electrons. The van der Waals surface area contributed by atoms with E-state index in [0.717, 1.165) is 17.8 Å². The van der Waals surface area contributed by atoms with E-state index in [1.807, 2.05) is 0 Å². The van der Waals surface area contributed by atoms with Gasteiger partial charge in [-0.3, -0.25) is 0 Å². The maximum atomic E-state index is 2.48. The summed E-state index contributed by atoms with van der Waals surface area (Å²) in [7, 11) is 0. The number of hydrogen-bond acceptors (Lipinski definition) is 0. The summed E-state index contributed by atoms with van der Waals surface area (Å²) in [5.41, 5.74) is 0.513. The van der Waals surface area contributed by atoms with Crippen LogP contribution in [0.25, 0.3) is 0 Å². The summed E-state index contributed by atoms with van der Waals surface area (Å²) in [5.74, 6) is 2.75. The van der Waals surface area contributed by atoms with Gasteiger partial charge in [-0.15, -0.1) is 0 Å². The van der Waals surface area contributed by atoms with Crippen LogP contribution in [0.3, 0.4) is 0 Å². The molecule has 0 heteroatoms. The zero-order valence-electron chi connectivity index (χ0n) is 8.51. The maximum absolute atomic E-state index is 2.48. The second-order valence-electron chi connectivity index (χ2n) is 5.54. The highest BCUT2D eigenvalue weighted by Crippen LogP contribution is 2.50. The van der Waals surface area contributed by atoms with Crippen LogP contribution in [0.5, 0.6) is 0 Å². The Labute approximate surface area is 76.1 Å². The van der Waals surface area contributed by atoms with E-state index < -0.39 is 0 Å². The fourth-order valence-electron chi connectivity index (χ4n) is 3.27. The van der Waals surface area contributed by atoms with Gasteiger partial charge in [0.15, 0.2) is 0 Å². The lowest BCUT2D eigenvalue weighted by molar-refractivity contribution is 0.111. The molecule has 1 fully saturated rings. The predicted molar refractivity (Wildman–Crippen MR) is 52.9 cm³/mol. The summed E-state index contributed by atoms with van der Waals surface area (Å²) in [5, 5.41) is 0. The molecule has 0 saturated heterocycles. The molecule has 0 spiro atoms. The Morgan fingerprint density at radius 3 is 1.83 bits per heavy atom. The Morgan fingerprint density at radius 2 is 1.50 bits per heavy atom. The second kappa shape index (κ2) is 2.61. The largest absolute Gasteiger partial charge is 0.0848 e. The van der Waals surface area contributed by atoms with Gasteiger partial charge in [0.05, 0.1) is 0 Å². The first-order valence-corrected chi connectivity index (χ1v) is 5.27. The molecule has 0 aliphatic heterocycles. The van der Waals surface area contributed by atoms with Crippen LogP contribution in [0.15, 0.2) is 12.2 Å². The Hall–Kier alpha value is -0.260. The monoisotopic (exact) mass is 164 g/mol. The molecule has 2 unspecified atom stereocenters. The van der Waals surface area contributed by atoms with Gasteiger partial charge < -0.3 is 0 Å². The van der Waals surface area contributed by atoms with Crippen LogP contribution < -0.4 is 0 Å². The Balaban J connectivity index is 2.19. The summed E-state index contributed by atoms with van der Waals surface area (Å²) in [6.07, 6.45) is 9.29. The van der Waals surface area contributed by atoms with Crippen LogP contribution in [0.1, 0.15) is 40.0 Å². The lowest BCUT2D eigenvalue weighted by atomic mass is 9.65. The summed E-state index contributed by atoms with van der Waals surface area (Å²) >= 11 is 0. The Kier molecular flexibility index (Phi) is 1.82. The van der Waals surface area contributed by atoms with E-state index in [9.17, 15) is 0 Å². The Bertz CT molecular complexity index is 181. The van der Waals surface area contributed by atoms with Crippen LogP contribution in [0, 0.1) is 23.2 Å². The number of rotatable bonds is 0. The predicted octanol–water partition coefficient (Wildman–Crippen LogP) is 3.63. The smallest absolute Gasteiger partial charge is 0.0194 e. The average molecular weight is 164 g/mol. The molecule has 0 heterocycles. The molecule has 2 bridgehead atoms. The van der Waals surface area contributed by atoms with Crippen LogP contribution in [0.4, 0.5) is 0 Å². The molecule has 0 aromatic carbocycles. The highest BCUT2D eigenvalue weighted by Gasteiger charge is 2.41. The minimum atomic E-state index is 0.513. The quantitative estimate of drug-likeness (QED) is 0.479. The van der Waals surface area contributed by atoms with Crippen molar-refractivity contribution in [3.63, 3.8) is 0 Å². The van der Waals surface area contributed by atoms with Gasteiger partial charge in [-0.2, -0.15) is 0 Å². The van der Waals surface area contributed by atoms with Crippen molar-refractivity contribution < 1.29 is 0 Å². The molecule has 0 nitrogen and oxygen atoms in total. The topological polar surface area (TPSA) is 0 Å². The first kappa shape index (κ1) is 8.34. The van der Waals surface area contributed by atoms with Gasteiger partial charge in [-0.25, -0.2) is 0 Å². The zero-order valence-corrected chi connectivity index (χ0v) is 8.51. The van der Waals surface area contributed by atoms with Crippen molar-refractivity contribution in [3.8, 4) is 0 Å². The van der Waals surface area contributed by atoms with E-state index in [0.29, 0.717) is 5.41 Å². The van der Waals surface area contributed by atoms with Gasteiger partial charge in [0, 0.05) is 0 Å².